The number of hydrogen-bond donors (Lipinski definition) is 1. The lowest BCUT2D eigenvalue weighted by Gasteiger charge is -2.55. The molecule has 0 spiro atoms. The first-order chi connectivity index (χ1) is 13.1. The number of carbonyl (C=O) groups is 1. The number of aromatic nitrogens is 2. The average Bonchev–Trinajstić information content (AvgIpc) is 3.07. The highest BCUT2D eigenvalue weighted by molar-refractivity contribution is 7.15. The van der Waals surface area contributed by atoms with Gasteiger partial charge < -0.3 is 10.1 Å². The maximum Gasteiger partial charge on any atom is 0.232 e. The summed E-state index contributed by atoms with van der Waals surface area (Å²) in [7, 11) is 0. The summed E-state index contributed by atoms with van der Waals surface area (Å²) in [5, 5.41) is 12.3. The number of nitrogens with zero attached hydrogens (tertiary/aromatic N) is 2. The third-order valence-corrected chi connectivity index (χ3v) is 7.21. The lowest BCUT2D eigenvalue weighted by Crippen LogP contribution is -2.51. The Balaban J connectivity index is 1.23. The normalized spacial score (nSPS) is 31.1. The van der Waals surface area contributed by atoms with E-state index < -0.39 is 5.82 Å². The molecule has 1 aromatic carbocycles. The van der Waals surface area contributed by atoms with Crippen LogP contribution in [0.25, 0.3) is 0 Å². The van der Waals surface area contributed by atoms with Crippen molar-refractivity contribution in [3.63, 3.8) is 0 Å². The van der Waals surface area contributed by atoms with Crippen molar-refractivity contribution in [1.82, 2.24) is 10.2 Å². The first-order valence-corrected chi connectivity index (χ1v) is 10.4. The Kier molecular flexibility index (Phi) is 4.15. The van der Waals surface area contributed by atoms with Gasteiger partial charge in [0, 0.05) is 0 Å². The molecule has 4 bridgehead atoms. The van der Waals surface area contributed by atoms with Crippen molar-refractivity contribution in [3.8, 4) is 5.75 Å². The Labute approximate surface area is 161 Å². The molecule has 7 heteroatoms. The summed E-state index contributed by atoms with van der Waals surface area (Å²) in [5.41, 5.74) is -0.204. The number of benzene rings is 1. The molecule has 27 heavy (non-hydrogen) atoms. The number of nitrogens with one attached hydrogen (secondary N) is 1. The van der Waals surface area contributed by atoms with Gasteiger partial charge in [-0.2, -0.15) is 0 Å². The third kappa shape index (κ3) is 3.22. The molecule has 0 unspecified atom stereocenters. The highest BCUT2D eigenvalue weighted by Crippen LogP contribution is 2.60. The Morgan fingerprint density at radius 1 is 1.15 bits per heavy atom. The van der Waals surface area contributed by atoms with Crippen LogP contribution >= 0.6 is 11.3 Å². The van der Waals surface area contributed by atoms with E-state index in [1.165, 1.54) is 36.7 Å². The van der Waals surface area contributed by atoms with Crippen molar-refractivity contribution in [1.29, 1.82) is 0 Å². The standard InChI is InChI=1S/C20H22FN3O2S/c21-15-3-1-2-4-16(15)26-11-17-23-24-19(27-17)22-18(25)20-8-12-5-13(9-20)7-14(6-12)10-20/h1-4,12-14H,5-11H2,(H,22,24,25). The van der Waals surface area contributed by atoms with Crippen molar-refractivity contribution in [2.75, 3.05) is 5.32 Å². The van der Waals surface area contributed by atoms with Crippen LogP contribution in [0.2, 0.25) is 0 Å². The minimum Gasteiger partial charge on any atom is -0.483 e. The van der Waals surface area contributed by atoms with Crippen LogP contribution in [0.3, 0.4) is 0 Å². The second-order valence-electron chi connectivity index (χ2n) is 8.37. The Morgan fingerprint density at radius 3 is 2.48 bits per heavy atom. The van der Waals surface area contributed by atoms with Crippen molar-refractivity contribution >= 4 is 22.4 Å². The summed E-state index contributed by atoms with van der Waals surface area (Å²) < 4.78 is 19.1. The largest absolute Gasteiger partial charge is 0.483 e. The van der Waals surface area contributed by atoms with Gasteiger partial charge >= 0.3 is 0 Å². The third-order valence-electron chi connectivity index (χ3n) is 6.40. The van der Waals surface area contributed by atoms with Crippen molar-refractivity contribution in [2.45, 2.75) is 45.1 Å². The lowest BCUT2D eigenvalue weighted by atomic mass is 9.49. The highest BCUT2D eigenvalue weighted by Gasteiger charge is 2.54. The molecule has 0 saturated heterocycles. The first-order valence-electron chi connectivity index (χ1n) is 9.61. The van der Waals surface area contributed by atoms with E-state index in [1.807, 2.05) is 0 Å². The zero-order valence-electron chi connectivity index (χ0n) is 15.0. The molecule has 1 amide bonds. The molecule has 5 nitrogen and oxygen atoms in total. The molecule has 0 radical (unpaired) electrons. The van der Waals surface area contributed by atoms with E-state index in [4.69, 9.17) is 4.74 Å². The van der Waals surface area contributed by atoms with E-state index in [-0.39, 0.29) is 23.7 Å². The van der Waals surface area contributed by atoms with Crippen molar-refractivity contribution in [2.24, 2.45) is 23.2 Å². The number of hydrogen-bond acceptors (Lipinski definition) is 5. The fourth-order valence-electron chi connectivity index (χ4n) is 5.68. The fraction of sp³-hybridized carbons (Fsp3) is 0.550. The molecule has 142 valence electrons. The number of rotatable bonds is 5. The number of halogens is 1. The van der Waals surface area contributed by atoms with E-state index >= 15 is 0 Å². The number of amides is 1. The molecule has 4 fully saturated rings. The lowest BCUT2D eigenvalue weighted by molar-refractivity contribution is -0.140. The summed E-state index contributed by atoms with van der Waals surface area (Å²) in [4.78, 5) is 13.0. The van der Waals surface area contributed by atoms with Gasteiger partial charge in [-0.3, -0.25) is 4.79 Å². The first kappa shape index (κ1) is 17.1. The number of ether oxygens (including phenoxy) is 1. The molecule has 0 atom stereocenters. The SMILES string of the molecule is O=C(Nc1nnc(COc2ccccc2F)s1)C12CC3CC(CC(C3)C1)C2. The van der Waals surface area contributed by atoms with Crippen LogP contribution in [-0.4, -0.2) is 16.1 Å². The summed E-state index contributed by atoms with van der Waals surface area (Å²) in [6.07, 6.45) is 6.99. The molecule has 1 N–H and O–H groups in total. The summed E-state index contributed by atoms with van der Waals surface area (Å²) in [6, 6.07) is 6.26. The Morgan fingerprint density at radius 2 is 1.81 bits per heavy atom. The van der Waals surface area contributed by atoms with E-state index in [9.17, 15) is 9.18 Å². The smallest absolute Gasteiger partial charge is 0.232 e. The predicted molar refractivity (Wildman–Crippen MR) is 99.9 cm³/mol. The maximum absolute atomic E-state index is 13.6. The quantitative estimate of drug-likeness (QED) is 0.825. The molecular formula is C20H22FN3O2S. The van der Waals surface area contributed by atoms with Crippen molar-refractivity contribution in [3.05, 3.63) is 35.1 Å². The van der Waals surface area contributed by atoms with E-state index in [1.54, 1.807) is 18.2 Å². The maximum atomic E-state index is 13.6. The topological polar surface area (TPSA) is 64.1 Å². The number of carbonyl (C=O) groups excluding carboxylic acids is 1. The molecule has 0 aliphatic heterocycles. The monoisotopic (exact) mass is 387 g/mol. The van der Waals surface area contributed by atoms with Crippen LogP contribution in [0.1, 0.15) is 43.5 Å². The Bertz CT molecular complexity index is 833. The second-order valence-corrected chi connectivity index (χ2v) is 9.43. The molecular weight excluding hydrogens is 365 g/mol. The molecule has 1 heterocycles. The molecule has 4 aliphatic carbocycles. The van der Waals surface area contributed by atoms with E-state index in [0.717, 1.165) is 37.0 Å². The van der Waals surface area contributed by atoms with Gasteiger partial charge in [-0.25, -0.2) is 4.39 Å². The molecule has 1 aromatic heterocycles. The highest BCUT2D eigenvalue weighted by atomic mass is 32.1. The number of anilines is 1. The van der Waals surface area contributed by atoms with Crippen molar-refractivity contribution < 1.29 is 13.9 Å². The average molecular weight is 387 g/mol. The van der Waals surface area contributed by atoms with Gasteiger partial charge in [0.25, 0.3) is 0 Å². The van der Waals surface area contributed by atoms with E-state index in [2.05, 4.69) is 15.5 Å². The van der Waals surface area contributed by atoms with E-state index in [0.29, 0.717) is 10.1 Å². The van der Waals surface area contributed by atoms with Gasteiger partial charge in [-0.1, -0.05) is 23.5 Å². The summed E-state index contributed by atoms with van der Waals surface area (Å²) in [5.74, 6) is 2.06. The van der Waals surface area contributed by atoms with Gasteiger partial charge in [0.2, 0.25) is 11.0 Å². The summed E-state index contributed by atoms with van der Waals surface area (Å²) >= 11 is 1.29. The van der Waals surface area contributed by atoms with Gasteiger partial charge in [-0.05, 0) is 68.4 Å². The van der Waals surface area contributed by atoms with Crippen LogP contribution < -0.4 is 10.1 Å². The molecule has 2 aromatic rings. The fourth-order valence-corrected chi connectivity index (χ4v) is 6.33. The second kappa shape index (κ2) is 6.55. The van der Waals surface area contributed by atoms with Gasteiger partial charge in [0.1, 0.15) is 6.61 Å². The minimum absolute atomic E-state index is 0.110. The molecule has 4 aliphatic rings. The van der Waals surface area contributed by atoms with Crippen LogP contribution in [0.5, 0.6) is 5.75 Å². The molecule has 4 saturated carbocycles. The van der Waals surface area contributed by atoms with Crippen LogP contribution in [0.15, 0.2) is 24.3 Å². The minimum atomic E-state index is -0.405. The van der Waals surface area contributed by atoms with Gasteiger partial charge in [0.15, 0.2) is 16.6 Å². The van der Waals surface area contributed by atoms with Crippen LogP contribution in [0.4, 0.5) is 9.52 Å². The van der Waals surface area contributed by atoms with Crippen LogP contribution in [-0.2, 0) is 11.4 Å². The zero-order chi connectivity index (χ0) is 18.4. The summed E-state index contributed by atoms with van der Waals surface area (Å²) in [6.45, 7) is 0.131. The Hall–Kier alpha value is -2.02. The predicted octanol–water partition coefficient (Wildman–Crippen LogP) is 4.41. The van der Waals surface area contributed by atoms with Crippen LogP contribution in [0, 0.1) is 29.0 Å². The number of para-hydroxylation sites is 1. The van der Waals surface area contributed by atoms with Gasteiger partial charge in [0.05, 0.1) is 5.41 Å². The van der Waals surface area contributed by atoms with Gasteiger partial charge in [-0.15, -0.1) is 10.2 Å². The zero-order valence-corrected chi connectivity index (χ0v) is 15.8. The molecule has 6 rings (SSSR count).